The predicted octanol–water partition coefficient (Wildman–Crippen LogP) is 3.64. The lowest BCUT2D eigenvalue weighted by Crippen LogP contribution is -2.49. The van der Waals surface area contributed by atoms with Gasteiger partial charge < -0.3 is 20.4 Å². The highest BCUT2D eigenvalue weighted by Gasteiger charge is 2.26. The molecule has 1 saturated heterocycles. The van der Waals surface area contributed by atoms with Crippen molar-refractivity contribution in [3.63, 3.8) is 0 Å². The average molecular weight is 442 g/mol. The van der Waals surface area contributed by atoms with E-state index in [4.69, 9.17) is 10.5 Å². The Hall–Kier alpha value is -2.83. The van der Waals surface area contributed by atoms with Crippen LogP contribution in [0.4, 0.5) is 0 Å². The number of piperidine rings is 1. The molecule has 1 aromatic heterocycles. The molecular weight excluding hydrogens is 414 g/mol. The van der Waals surface area contributed by atoms with Gasteiger partial charge >= 0.3 is 0 Å². The first-order valence-corrected chi connectivity index (χ1v) is 10.4. The van der Waals surface area contributed by atoms with Crippen molar-refractivity contribution in [3.05, 3.63) is 64.6 Å². The number of hydrogen-bond acceptors (Lipinski definition) is 4. The summed E-state index contributed by atoms with van der Waals surface area (Å²) in [5, 5.41) is 1.38. The molecule has 4 rings (SSSR count). The molecule has 0 bridgehead atoms. The van der Waals surface area contributed by atoms with Crippen LogP contribution in [0.5, 0.6) is 5.75 Å². The van der Waals surface area contributed by atoms with Crippen molar-refractivity contribution in [1.29, 1.82) is 0 Å². The summed E-state index contributed by atoms with van der Waals surface area (Å²) >= 11 is 0. The SMILES string of the molecule is Cc1ccccc1-c1c[nH]c(=O)c2cc(O[C@H](C)C(=O)N3CCC[C@H](N)C3)ccc12.Cl. The molecule has 1 fully saturated rings. The minimum absolute atomic E-state index is 0. The fourth-order valence-corrected chi connectivity index (χ4v) is 4.13. The first kappa shape index (κ1) is 22.8. The Balaban J connectivity index is 0.00000272. The van der Waals surface area contributed by atoms with Gasteiger partial charge in [-0.05, 0) is 61.4 Å². The minimum atomic E-state index is -0.647. The van der Waals surface area contributed by atoms with E-state index in [-0.39, 0.29) is 29.9 Å². The Morgan fingerprint density at radius 2 is 1.97 bits per heavy atom. The molecule has 164 valence electrons. The van der Waals surface area contributed by atoms with Crippen molar-refractivity contribution in [2.45, 2.75) is 38.8 Å². The van der Waals surface area contributed by atoms with E-state index in [0.717, 1.165) is 34.9 Å². The van der Waals surface area contributed by atoms with Gasteiger partial charge in [-0.2, -0.15) is 0 Å². The fraction of sp³-hybridized carbons (Fsp3) is 0.333. The highest BCUT2D eigenvalue weighted by atomic mass is 35.5. The molecule has 31 heavy (non-hydrogen) atoms. The van der Waals surface area contributed by atoms with Gasteiger partial charge in [0.05, 0.1) is 5.39 Å². The summed E-state index contributed by atoms with van der Waals surface area (Å²) in [5.41, 5.74) is 8.96. The van der Waals surface area contributed by atoms with Crippen LogP contribution in [0.15, 0.2) is 53.5 Å². The van der Waals surface area contributed by atoms with E-state index in [0.29, 0.717) is 24.2 Å². The van der Waals surface area contributed by atoms with Crippen LogP contribution in [0.25, 0.3) is 21.9 Å². The van der Waals surface area contributed by atoms with Crippen LogP contribution in [-0.4, -0.2) is 41.0 Å². The van der Waals surface area contributed by atoms with E-state index in [1.54, 1.807) is 24.1 Å². The van der Waals surface area contributed by atoms with Gasteiger partial charge in [0.1, 0.15) is 5.75 Å². The number of nitrogens with one attached hydrogen (secondary N) is 1. The number of H-pyrrole nitrogens is 1. The molecular formula is C24H28ClN3O3. The second-order valence-electron chi connectivity index (χ2n) is 8.00. The van der Waals surface area contributed by atoms with Gasteiger partial charge in [0.2, 0.25) is 0 Å². The number of aryl methyl sites for hydroxylation is 1. The minimum Gasteiger partial charge on any atom is -0.481 e. The number of hydrogen-bond donors (Lipinski definition) is 2. The second-order valence-corrected chi connectivity index (χ2v) is 8.00. The number of pyridine rings is 1. The molecule has 3 N–H and O–H groups in total. The summed E-state index contributed by atoms with van der Waals surface area (Å²) in [5.74, 6) is 0.421. The summed E-state index contributed by atoms with van der Waals surface area (Å²) in [6, 6.07) is 13.5. The van der Waals surface area contributed by atoms with E-state index in [2.05, 4.69) is 4.98 Å². The molecule has 0 spiro atoms. The topological polar surface area (TPSA) is 88.4 Å². The molecule has 0 radical (unpaired) electrons. The van der Waals surface area contributed by atoms with Gasteiger partial charge in [0, 0.05) is 30.9 Å². The molecule has 1 aliphatic heterocycles. The van der Waals surface area contributed by atoms with Crippen LogP contribution >= 0.6 is 12.4 Å². The number of aromatic amines is 1. The van der Waals surface area contributed by atoms with E-state index in [1.807, 2.05) is 43.3 Å². The van der Waals surface area contributed by atoms with Crippen LogP contribution in [0.3, 0.4) is 0 Å². The predicted molar refractivity (Wildman–Crippen MR) is 126 cm³/mol. The van der Waals surface area contributed by atoms with Crippen LogP contribution in [0.2, 0.25) is 0 Å². The zero-order chi connectivity index (χ0) is 21.3. The summed E-state index contributed by atoms with van der Waals surface area (Å²) in [7, 11) is 0. The maximum absolute atomic E-state index is 12.7. The molecule has 0 aliphatic carbocycles. The van der Waals surface area contributed by atoms with E-state index in [1.165, 1.54) is 0 Å². The van der Waals surface area contributed by atoms with Gasteiger partial charge in [0.25, 0.3) is 11.5 Å². The van der Waals surface area contributed by atoms with Crippen molar-refractivity contribution in [2.24, 2.45) is 5.73 Å². The monoisotopic (exact) mass is 441 g/mol. The largest absolute Gasteiger partial charge is 0.481 e. The highest BCUT2D eigenvalue weighted by Crippen LogP contribution is 2.30. The summed E-state index contributed by atoms with van der Waals surface area (Å²) in [4.78, 5) is 29.8. The van der Waals surface area contributed by atoms with Gasteiger partial charge in [-0.1, -0.05) is 24.3 Å². The molecule has 1 amide bonds. The molecule has 0 unspecified atom stereocenters. The lowest BCUT2D eigenvalue weighted by molar-refractivity contribution is -0.139. The van der Waals surface area contributed by atoms with Crippen LogP contribution < -0.4 is 16.0 Å². The molecule has 3 aromatic rings. The molecule has 1 aliphatic rings. The van der Waals surface area contributed by atoms with Crippen LogP contribution in [0.1, 0.15) is 25.3 Å². The number of rotatable bonds is 4. The number of benzene rings is 2. The third kappa shape index (κ3) is 4.75. The lowest BCUT2D eigenvalue weighted by atomic mass is 9.97. The highest BCUT2D eigenvalue weighted by molar-refractivity contribution is 5.97. The van der Waals surface area contributed by atoms with Crippen molar-refractivity contribution < 1.29 is 9.53 Å². The Bertz CT molecular complexity index is 1140. The molecule has 2 atom stereocenters. The number of carbonyl (C=O) groups excluding carboxylic acids is 1. The first-order valence-electron chi connectivity index (χ1n) is 10.4. The van der Waals surface area contributed by atoms with Crippen LogP contribution in [-0.2, 0) is 4.79 Å². The number of likely N-dealkylation sites (tertiary alicyclic amines) is 1. The smallest absolute Gasteiger partial charge is 0.263 e. The summed E-state index contributed by atoms with van der Waals surface area (Å²) < 4.78 is 5.91. The summed E-state index contributed by atoms with van der Waals surface area (Å²) in [6.07, 6.45) is 2.95. The van der Waals surface area contributed by atoms with E-state index >= 15 is 0 Å². The maximum atomic E-state index is 12.7. The van der Waals surface area contributed by atoms with Gasteiger partial charge in [0.15, 0.2) is 6.10 Å². The standard InChI is InChI=1S/C24H27N3O3.ClH/c1-15-6-3-4-8-19(15)22-13-26-23(28)21-12-18(9-10-20(21)22)30-16(2)24(29)27-11-5-7-17(25)14-27;/h3-4,6,8-10,12-13,16-17H,5,7,11,14,25H2,1-2H3,(H,26,28);1H/t16-,17+;/m1./s1. The second kappa shape index (κ2) is 9.54. The quantitative estimate of drug-likeness (QED) is 0.646. The normalized spacial score (nSPS) is 17.1. The number of fused-ring (bicyclic) bond motifs is 1. The maximum Gasteiger partial charge on any atom is 0.263 e. The van der Waals surface area contributed by atoms with Gasteiger partial charge in [-0.15, -0.1) is 12.4 Å². The van der Waals surface area contributed by atoms with Crippen LogP contribution in [0, 0.1) is 6.92 Å². The van der Waals surface area contributed by atoms with Crippen molar-refractivity contribution in [2.75, 3.05) is 13.1 Å². The molecule has 2 aromatic carbocycles. The van der Waals surface area contributed by atoms with Gasteiger partial charge in [-0.3, -0.25) is 9.59 Å². The van der Waals surface area contributed by atoms with Gasteiger partial charge in [-0.25, -0.2) is 0 Å². The first-order chi connectivity index (χ1) is 14.4. The Morgan fingerprint density at radius 1 is 1.19 bits per heavy atom. The Morgan fingerprint density at radius 3 is 2.71 bits per heavy atom. The number of carbonyl (C=O) groups is 1. The molecule has 2 heterocycles. The third-order valence-electron chi connectivity index (χ3n) is 5.74. The third-order valence-corrected chi connectivity index (χ3v) is 5.74. The fourth-order valence-electron chi connectivity index (χ4n) is 4.13. The molecule has 0 saturated carbocycles. The zero-order valence-electron chi connectivity index (χ0n) is 17.8. The van der Waals surface area contributed by atoms with Crippen molar-refractivity contribution >= 4 is 29.1 Å². The summed E-state index contributed by atoms with van der Waals surface area (Å²) in [6.45, 7) is 5.05. The number of halogens is 1. The van der Waals surface area contributed by atoms with Crippen molar-refractivity contribution in [3.8, 4) is 16.9 Å². The van der Waals surface area contributed by atoms with Crippen molar-refractivity contribution in [1.82, 2.24) is 9.88 Å². The average Bonchev–Trinajstić information content (AvgIpc) is 2.74. The van der Waals surface area contributed by atoms with E-state index < -0.39 is 6.10 Å². The molecule has 7 heteroatoms. The number of nitrogens with two attached hydrogens (primary N) is 1. The number of ether oxygens (including phenoxy) is 1. The number of aromatic nitrogens is 1. The Kier molecular flexibility index (Phi) is 7.03. The number of nitrogens with zero attached hydrogens (tertiary/aromatic N) is 1. The Labute approximate surface area is 187 Å². The lowest BCUT2D eigenvalue weighted by Gasteiger charge is -2.32. The number of amides is 1. The zero-order valence-corrected chi connectivity index (χ0v) is 18.6. The van der Waals surface area contributed by atoms with E-state index in [9.17, 15) is 9.59 Å². The molecule has 6 nitrogen and oxygen atoms in total.